The Morgan fingerprint density at radius 2 is 2.00 bits per heavy atom. The van der Waals surface area contributed by atoms with E-state index in [2.05, 4.69) is 11.8 Å². The third-order valence-electron chi connectivity index (χ3n) is 4.76. The molecule has 0 bridgehead atoms. The molecule has 4 nitrogen and oxygen atoms in total. The number of amides is 1. The highest BCUT2D eigenvalue weighted by molar-refractivity contribution is 5.77. The summed E-state index contributed by atoms with van der Waals surface area (Å²) in [6, 6.07) is 6.67. The number of carbonyl (C=O) groups is 1. The second kappa shape index (κ2) is 8.41. The molecular formula is C18H27FN2O2. The standard InChI is InChI=1S/C18H27FN2O2/c1-3-17(13-22)20-7-9-21(10-8-20)18(23)11-14(2)15-5-4-6-16(19)12-15/h4-6,12,14,17,22H,3,7-11,13H2,1-2H3. The van der Waals surface area contributed by atoms with Crippen molar-refractivity contribution in [3.8, 4) is 0 Å². The Kier molecular flexibility index (Phi) is 6.54. The summed E-state index contributed by atoms with van der Waals surface area (Å²) in [4.78, 5) is 16.6. The minimum atomic E-state index is -0.259. The van der Waals surface area contributed by atoms with E-state index < -0.39 is 0 Å². The summed E-state index contributed by atoms with van der Waals surface area (Å²) in [5, 5.41) is 9.37. The predicted octanol–water partition coefficient (Wildman–Crippen LogP) is 2.23. The summed E-state index contributed by atoms with van der Waals surface area (Å²) < 4.78 is 13.3. The molecular weight excluding hydrogens is 295 g/mol. The van der Waals surface area contributed by atoms with E-state index >= 15 is 0 Å². The van der Waals surface area contributed by atoms with Crippen LogP contribution in [0.25, 0.3) is 0 Å². The van der Waals surface area contributed by atoms with Crippen LogP contribution in [0.2, 0.25) is 0 Å². The average molecular weight is 322 g/mol. The Labute approximate surface area is 137 Å². The van der Waals surface area contributed by atoms with Gasteiger partial charge in [0, 0.05) is 38.6 Å². The molecule has 0 saturated carbocycles. The topological polar surface area (TPSA) is 43.8 Å². The van der Waals surface area contributed by atoms with Crippen molar-refractivity contribution in [2.75, 3.05) is 32.8 Å². The van der Waals surface area contributed by atoms with Gasteiger partial charge in [0.2, 0.25) is 5.91 Å². The van der Waals surface area contributed by atoms with Crippen molar-refractivity contribution in [1.82, 2.24) is 9.80 Å². The van der Waals surface area contributed by atoms with Crippen molar-refractivity contribution in [3.05, 3.63) is 35.6 Å². The van der Waals surface area contributed by atoms with Crippen LogP contribution >= 0.6 is 0 Å². The van der Waals surface area contributed by atoms with Gasteiger partial charge in [0.25, 0.3) is 0 Å². The van der Waals surface area contributed by atoms with E-state index in [0.717, 1.165) is 25.1 Å². The fourth-order valence-corrected chi connectivity index (χ4v) is 3.16. The molecule has 2 rings (SSSR count). The van der Waals surface area contributed by atoms with E-state index in [0.29, 0.717) is 19.5 Å². The fourth-order valence-electron chi connectivity index (χ4n) is 3.16. The van der Waals surface area contributed by atoms with Gasteiger partial charge in [0.05, 0.1) is 6.61 Å². The quantitative estimate of drug-likeness (QED) is 0.873. The lowest BCUT2D eigenvalue weighted by Gasteiger charge is -2.38. The highest BCUT2D eigenvalue weighted by Crippen LogP contribution is 2.21. The molecule has 1 amide bonds. The second-order valence-corrected chi connectivity index (χ2v) is 6.32. The van der Waals surface area contributed by atoms with E-state index in [4.69, 9.17) is 0 Å². The number of hydrogen-bond acceptors (Lipinski definition) is 3. The zero-order chi connectivity index (χ0) is 16.8. The highest BCUT2D eigenvalue weighted by atomic mass is 19.1. The van der Waals surface area contributed by atoms with Crippen LogP contribution < -0.4 is 0 Å². The molecule has 5 heteroatoms. The molecule has 1 heterocycles. The lowest BCUT2D eigenvalue weighted by Crippen LogP contribution is -2.52. The first-order valence-electron chi connectivity index (χ1n) is 8.43. The molecule has 0 spiro atoms. The number of aliphatic hydroxyl groups is 1. The highest BCUT2D eigenvalue weighted by Gasteiger charge is 2.25. The third kappa shape index (κ3) is 4.75. The summed E-state index contributed by atoms with van der Waals surface area (Å²) in [6.07, 6.45) is 1.32. The molecule has 0 aromatic heterocycles. The molecule has 1 aromatic carbocycles. The van der Waals surface area contributed by atoms with Gasteiger partial charge in [0.15, 0.2) is 0 Å². The first-order chi connectivity index (χ1) is 11.0. The van der Waals surface area contributed by atoms with Crippen molar-refractivity contribution in [2.24, 2.45) is 0 Å². The first-order valence-corrected chi connectivity index (χ1v) is 8.43. The van der Waals surface area contributed by atoms with E-state index in [-0.39, 0.29) is 30.3 Å². The Morgan fingerprint density at radius 3 is 2.57 bits per heavy atom. The van der Waals surface area contributed by atoms with Crippen LogP contribution in [0.3, 0.4) is 0 Å². The van der Waals surface area contributed by atoms with Gasteiger partial charge in [0.1, 0.15) is 5.82 Å². The van der Waals surface area contributed by atoms with Crippen LogP contribution in [-0.2, 0) is 4.79 Å². The molecule has 2 atom stereocenters. The smallest absolute Gasteiger partial charge is 0.223 e. The molecule has 1 saturated heterocycles. The van der Waals surface area contributed by atoms with E-state index in [1.807, 2.05) is 17.9 Å². The van der Waals surface area contributed by atoms with Gasteiger partial charge in [-0.05, 0) is 30.0 Å². The summed E-state index contributed by atoms with van der Waals surface area (Å²) >= 11 is 0. The minimum absolute atomic E-state index is 0.0112. The zero-order valence-corrected chi connectivity index (χ0v) is 14.0. The molecule has 1 fully saturated rings. The van der Waals surface area contributed by atoms with Crippen LogP contribution in [0, 0.1) is 5.82 Å². The van der Waals surface area contributed by atoms with E-state index in [1.54, 1.807) is 6.07 Å². The Balaban J connectivity index is 1.85. The monoisotopic (exact) mass is 322 g/mol. The SMILES string of the molecule is CCC(CO)N1CCN(C(=O)CC(C)c2cccc(F)c2)CC1. The molecule has 128 valence electrons. The van der Waals surface area contributed by atoms with E-state index in [1.165, 1.54) is 12.1 Å². The number of aliphatic hydroxyl groups excluding tert-OH is 1. The summed E-state index contributed by atoms with van der Waals surface area (Å²) in [5.74, 6) is -0.124. The third-order valence-corrected chi connectivity index (χ3v) is 4.76. The first kappa shape index (κ1) is 17.9. The molecule has 0 aliphatic carbocycles. The minimum Gasteiger partial charge on any atom is -0.395 e. The van der Waals surface area contributed by atoms with Gasteiger partial charge in [-0.15, -0.1) is 0 Å². The fraction of sp³-hybridized carbons (Fsp3) is 0.611. The summed E-state index contributed by atoms with van der Waals surface area (Å²) in [7, 11) is 0. The number of benzene rings is 1. The lowest BCUT2D eigenvalue weighted by molar-refractivity contribution is -0.133. The molecule has 1 aromatic rings. The maximum absolute atomic E-state index is 13.3. The number of halogens is 1. The second-order valence-electron chi connectivity index (χ2n) is 6.32. The Bertz CT molecular complexity index is 511. The van der Waals surface area contributed by atoms with Crippen LogP contribution in [-0.4, -0.2) is 59.6 Å². The molecule has 1 aliphatic rings. The van der Waals surface area contributed by atoms with Crippen molar-refractivity contribution in [2.45, 2.75) is 38.6 Å². The van der Waals surface area contributed by atoms with E-state index in [9.17, 15) is 14.3 Å². The normalized spacial score (nSPS) is 18.7. The number of hydrogen-bond donors (Lipinski definition) is 1. The Hall–Kier alpha value is -1.46. The molecule has 2 unspecified atom stereocenters. The van der Waals surface area contributed by atoms with Crippen molar-refractivity contribution in [3.63, 3.8) is 0 Å². The molecule has 23 heavy (non-hydrogen) atoms. The van der Waals surface area contributed by atoms with Gasteiger partial charge in [-0.1, -0.05) is 26.0 Å². The largest absolute Gasteiger partial charge is 0.395 e. The number of nitrogens with zero attached hydrogens (tertiary/aromatic N) is 2. The van der Waals surface area contributed by atoms with Crippen LogP contribution in [0.1, 0.15) is 38.2 Å². The van der Waals surface area contributed by atoms with Gasteiger partial charge in [-0.3, -0.25) is 9.69 Å². The van der Waals surface area contributed by atoms with Crippen molar-refractivity contribution < 1.29 is 14.3 Å². The van der Waals surface area contributed by atoms with Crippen LogP contribution in [0.5, 0.6) is 0 Å². The molecule has 1 N–H and O–H groups in total. The van der Waals surface area contributed by atoms with Crippen molar-refractivity contribution in [1.29, 1.82) is 0 Å². The Morgan fingerprint density at radius 1 is 1.30 bits per heavy atom. The maximum atomic E-state index is 13.3. The van der Waals surface area contributed by atoms with Gasteiger partial charge in [-0.2, -0.15) is 0 Å². The average Bonchev–Trinajstić information content (AvgIpc) is 2.56. The number of piperazine rings is 1. The lowest BCUT2D eigenvalue weighted by atomic mass is 9.97. The number of carbonyl (C=O) groups excluding carboxylic acids is 1. The molecule has 1 aliphatic heterocycles. The zero-order valence-electron chi connectivity index (χ0n) is 14.0. The number of rotatable bonds is 6. The van der Waals surface area contributed by atoms with Gasteiger partial charge in [-0.25, -0.2) is 4.39 Å². The predicted molar refractivity (Wildman–Crippen MR) is 88.7 cm³/mol. The maximum Gasteiger partial charge on any atom is 0.223 e. The van der Waals surface area contributed by atoms with Crippen molar-refractivity contribution >= 4 is 5.91 Å². The molecule has 0 radical (unpaired) electrons. The van der Waals surface area contributed by atoms with Gasteiger partial charge < -0.3 is 10.0 Å². The summed E-state index contributed by atoms with van der Waals surface area (Å²) in [6.45, 7) is 7.21. The van der Waals surface area contributed by atoms with Crippen LogP contribution in [0.15, 0.2) is 24.3 Å². The van der Waals surface area contributed by atoms with Crippen LogP contribution in [0.4, 0.5) is 4.39 Å². The van der Waals surface area contributed by atoms with Gasteiger partial charge >= 0.3 is 0 Å². The summed E-state index contributed by atoms with van der Waals surface area (Å²) in [5.41, 5.74) is 0.864.